The maximum Gasteiger partial charge on any atom is 0.294 e. The Morgan fingerprint density at radius 3 is 2.85 bits per heavy atom. The van der Waals surface area contributed by atoms with Crippen LogP contribution < -0.4 is 9.80 Å². The van der Waals surface area contributed by atoms with Crippen molar-refractivity contribution in [3.05, 3.63) is 46.8 Å². The molecule has 2 heterocycles. The van der Waals surface area contributed by atoms with E-state index in [0.29, 0.717) is 12.3 Å². The van der Waals surface area contributed by atoms with Gasteiger partial charge in [-0.1, -0.05) is 15.9 Å². The lowest BCUT2D eigenvalue weighted by Crippen LogP contribution is -2.48. The molecule has 0 aliphatic carbocycles. The molecule has 104 valence electrons. The molecule has 1 aromatic heterocycles. The van der Waals surface area contributed by atoms with E-state index in [2.05, 4.69) is 27.8 Å². The van der Waals surface area contributed by atoms with Crippen LogP contribution in [0.3, 0.4) is 0 Å². The highest BCUT2D eigenvalue weighted by Crippen LogP contribution is 2.37. The van der Waals surface area contributed by atoms with Crippen LogP contribution in [0.5, 0.6) is 0 Å². The van der Waals surface area contributed by atoms with E-state index in [-0.39, 0.29) is 11.9 Å². The zero-order valence-corrected chi connectivity index (χ0v) is 12.9. The van der Waals surface area contributed by atoms with Crippen LogP contribution in [0.15, 0.2) is 45.5 Å². The second-order valence-electron chi connectivity index (χ2n) is 4.99. The van der Waals surface area contributed by atoms with E-state index < -0.39 is 0 Å². The molecular weight excluding hydrogens is 320 g/mol. The number of likely N-dealkylation sites (N-methyl/N-ethyl adjacent to an activating group) is 1. The molecule has 0 radical (unpaired) electrons. The molecule has 2 aromatic rings. The predicted molar refractivity (Wildman–Crippen MR) is 82.4 cm³/mol. The maximum absolute atomic E-state index is 12.6. The summed E-state index contributed by atoms with van der Waals surface area (Å²) >= 11 is 3.47. The van der Waals surface area contributed by atoms with Gasteiger partial charge in [0.1, 0.15) is 0 Å². The van der Waals surface area contributed by atoms with Gasteiger partial charge in [0, 0.05) is 24.1 Å². The number of fused-ring (bicyclic) bond motifs is 1. The molecule has 0 saturated carbocycles. The Labute approximate surface area is 126 Å². The molecule has 1 aromatic carbocycles. The van der Waals surface area contributed by atoms with Crippen LogP contribution in [0, 0.1) is 0 Å². The van der Waals surface area contributed by atoms with Gasteiger partial charge in [0.25, 0.3) is 5.91 Å². The fourth-order valence-electron chi connectivity index (χ4n) is 2.46. The molecule has 20 heavy (non-hydrogen) atoms. The molecule has 1 amide bonds. The van der Waals surface area contributed by atoms with Gasteiger partial charge in [-0.3, -0.25) is 4.79 Å². The highest BCUT2D eigenvalue weighted by Gasteiger charge is 2.31. The number of amides is 1. The lowest BCUT2D eigenvalue weighted by Gasteiger charge is -2.40. The number of anilines is 2. The van der Waals surface area contributed by atoms with E-state index in [9.17, 15) is 4.79 Å². The van der Waals surface area contributed by atoms with Crippen molar-refractivity contribution in [1.29, 1.82) is 0 Å². The predicted octanol–water partition coefficient (Wildman–Crippen LogP) is 3.53. The third-order valence-corrected chi connectivity index (χ3v) is 4.19. The Balaban J connectivity index is 2.07. The number of carbonyl (C=O) groups is 1. The van der Waals surface area contributed by atoms with Crippen molar-refractivity contribution in [2.75, 3.05) is 23.4 Å². The molecule has 4 nitrogen and oxygen atoms in total. The van der Waals surface area contributed by atoms with E-state index in [1.54, 1.807) is 17.0 Å². The monoisotopic (exact) mass is 334 g/mol. The zero-order valence-electron chi connectivity index (χ0n) is 11.3. The number of rotatable bonds is 1. The van der Waals surface area contributed by atoms with Crippen LogP contribution in [-0.2, 0) is 0 Å². The number of hydrogen-bond acceptors (Lipinski definition) is 3. The number of furan rings is 1. The quantitative estimate of drug-likeness (QED) is 0.800. The maximum atomic E-state index is 12.6. The van der Waals surface area contributed by atoms with Gasteiger partial charge in [0.15, 0.2) is 5.76 Å². The first kappa shape index (κ1) is 13.2. The van der Waals surface area contributed by atoms with Crippen molar-refractivity contribution in [2.45, 2.75) is 13.0 Å². The first-order chi connectivity index (χ1) is 9.58. The van der Waals surface area contributed by atoms with Crippen LogP contribution in [0.1, 0.15) is 17.5 Å². The summed E-state index contributed by atoms with van der Waals surface area (Å²) in [5, 5.41) is 0. The lowest BCUT2D eigenvalue weighted by molar-refractivity contribution is 0.0957. The standard InChI is InChI=1S/C15H15BrN2O2/c1-10-9-18(15(19)14-4-3-7-20-14)13-8-11(16)5-6-12(13)17(10)2/h3-8,10H,9H2,1-2H3. The summed E-state index contributed by atoms with van der Waals surface area (Å²) in [5.74, 6) is 0.266. The number of hydrogen-bond donors (Lipinski definition) is 0. The summed E-state index contributed by atoms with van der Waals surface area (Å²) in [4.78, 5) is 16.6. The van der Waals surface area contributed by atoms with Crippen molar-refractivity contribution in [1.82, 2.24) is 0 Å². The van der Waals surface area contributed by atoms with Gasteiger partial charge < -0.3 is 14.2 Å². The van der Waals surface area contributed by atoms with Crippen LogP contribution >= 0.6 is 15.9 Å². The first-order valence-corrected chi connectivity index (χ1v) is 7.25. The van der Waals surface area contributed by atoms with Crippen molar-refractivity contribution in [3.63, 3.8) is 0 Å². The van der Waals surface area contributed by atoms with Gasteiger partial charge in [-0.25, -0.2) is 0 Å². The molecule has 0 N–H and O–H groups in total. The summed E-state index contributed by atoms with van der Waals surface area (Å²) in [5.41, 5.74) is 1.95. The Hall–Kier alpha value is -1.75. The van der Waals surface area contributed by atoms with E-state index in [1.807, 2.05) is 25.2 Å². The number of benzene rings is 1. The molecule has 0 spiro atoms. The van der Waals surface area contributed by atoms with Crippen molar-refractivity contribution >= 4 is 33.2 Å². The van der Waals surface area contributed by atoms with Crippen LogP contribution in [0.2, 0.25) is 0 Å². The Bertz CT molecular complexity index is 639. The van der Waals surface area contributed by atoms with E-state index in [0.717, 1.165) is 15.8 Å². The molecule has 5 heteroatoms. The van der Waals surface area contributed by atoms with Gasteiger partial charge >= 0.3 is 0 Å². The summed E-state index contributed by atoms with van der Waals surface area (Å²) < 4.78 is 6.19. The second kappa shape index (κ2) is 4.98. The fourth-order valence-corrected chi connectivity index (χ4v) is 2.81. The average Bonchev–Trinajstić information content (AvgIpc) is 2.96. The van der Waals surface area contributed by atoms with E-state index >= 15 is 0 Å². The highest BCUT2D eigenvalue weighted by atomic mass is 79.9. The zero-order chi connectivity index (χ0) is 14.3. The molecule has 1 unspecified atom stereocenters. The van der Waals surface area contributed by atoms with Crippen molar-refractivity contribution in [3.8, 4) is 0 Å². The Morgan fingerprint density at radius 1 is 1.35 bits per heavy atom. The third-order valence-electron chi connectivity index (χ3n) is 3.69. The highest BCUT2D eigenvalue weighted by molar-refractivity contribution is 9.10. The van der Waals surface area contributed by atoms with Gasteiger partial charge in [-0.2, -0.15) is 0 Å². The Morgan fingerprint density at radius 2 is 2.15 bits per heavy atom. The van der Waals surface area contributed by atoms with Crippen LogP contribution in [-0.4, -0.2) is 25.5 Å². The van der Waals surface area contributed by atoms with Crippen LogP contribution in [0.25, 0.3) is 0 Å². The normalized spacial score (nSPS) is 18.1. The third kappa shape index (κ3) is 2.12. The Kier molecular flexibility index (Phi) is 3.30. The molecule has 0 saturated heterocycles. The molecular formula is C15H15BrN2O2. The minimum Gasteiger partial charge on any atom is -0.459 e. The summed E-state index contributed by atoms with van der Waals surface area (Å²) in [6, 6.07) is 9.67. The average molecular weight is 335 g/mol. The smallest absolute Gasteiger partial charge is 0.294 e. The topological polar surface area (TPSA) is 36.7 Å². The minimum absolute atomic E-state index is 0.102. The lowest BCUT2D eigenvalue weighted by atomic mass is 10.1. The SMILES string of the molecule is CC1CN(C(=O)c2ccco2)c2cc(Br)ccc2N1C. The van der Waals surface area contributed by atoms with E-state index in [1.165, 1.54) is 6.26 Å². The molecule has 1 aliphatic heterocycles. The molecule has 1 aliphatic rings. The number of halogens is 1. The van der Waals surface area contributed by atoms with E-state index in [4.69, 9.17) is 4.42 Å². The minimum atomic E-state index is -0.102. The van der Waals surface area contributed by atoms with Crippen LogP contribution in [0.4, 0.5) is 11.4 Å². The van der Waals surface area contributed by atoms with Crippen molar-refractivity contribution < 1.29 is 9.21 Å². The van der Waals surface area contributed by atoms with Gasteiger partial charge in [-0.15, -0.1) is 0 Å². The first-order valence-electron chi connectivity index (χ1n) is 6.45. The molecule has 3 rings (SSSR count). The largest absolute Gasteiger partial charge is 0.459 e. The summed E-state index contributed by atoms with van der Waals surface area (Å²) in [7, 11) is 2.05. The van der Waals surface area contributed by atoms with Gasteiger partial charge in [0.05, 0.1) is 17.6 Å². The second-order valence-corrected chi connectivity index (χ2v) is 5.90. The van der Waals surface area contributed by atoms with Gasteiger partial charge in [-0.05, 0) is 37.3 Å². The summed E-state index contributed by atoms with van der Waals surface area (Å²) in [6.45, 7) is 2.74. The number of carbonyl (C=O) groups excluding carboxylic acids is 1. The fraction of sp³-hybridized carbons (Fsp3) is 0.267. The summed E-state index contributed by atoms with van der Waals surface area (Å²) in [6.07, 6.45) is 1.52. The molecule has 1 atom stereocenters. The number of nitrogens with zero attached hydrogens (tertiary/aromatic N) is 2. The molecule has 0 bridgehead atoms. The van der Waals surface area contributed by atoms with Crippen molar-refractivity contribution in [2.24, 2.45) is 0 Å². The van der Waals surface area contributed by atoms with Gasteiger partial charge in [0.2, 0.25) is 0 Å². The molecule has 0 fully saturated rings.